The summed E-state index contributed by atoms with van der Waals surface area (Å²) in [4.78, 5) is 0. The number of alkyl halides is 2. The maximum absolute atomic E-state index is 3.61. The molecule has 11 heavy (non-hydrogen) atoms. The van der Waals surface area contributed by atoms with Crippen molar-refractivity contribution in [2.24, 2.45) is 0 Å². The fraction of sp³-hybridized carbons (Fsp3) is 0.333. The van der Waals surface area contributed by atoms with Gasteiger partial charge in [0, 0.05) is 6.42 Å². The Morgan fingerprint density at radius 3 is 2.64 bits per heavy atom. The molecule has 0 heterocycles. The second-order valence-corrected chi connectivity index (χ2v) is 6.75. The molecule has 58 valence electrons. The molecule has 0 atom stereocenters. The number of rotatable bonds is 0. The van der Waals surface area contributed by atoms with E-state index in [0.717, 1.165) is 6.42 Å². The molecule has 0 saturated carbocycles. The van der Waals surface area contributed by atoms with Crippen LogP contribution < -0.4 is 0 Å². The number of benzene rings is 1. The SMILES string of the molecule is Cc1cccc2c1CC2(Br)Br. The summed E-state index contributed by atoms with van der Waals surface area (Å²) in [5, 5.41) is 0. The maximum Gasteiger partial charge on any atom is 0.110 e. The summed E-state index contributed by atoms with van der Waals surface area (Å²) in [6.07, 6.45) is 1.09. The van der Waals surface area contributed by atoms with Crippen molar-refractivity contribution < 1.29 is 0 Å². The third-order valence-electron chi connectivity index (χ3n) is 2.20. The van der Waals surface area contributed by atoms with E-state index in [4.69, 9.17) is 0 Å². The van der Waals surface area contributed by atoms with Crippen molar-refractivity contribution in [1.29, 1.82) is 0 Å². The van der Waals surface area contributed by atoms with E-state index < -0.39 is 0 Å². The lowest BCUT2D eigenvalue weighted by molar-refractivity contribution is 0.775. The predicted octanol–water partition coefficient (Wildman–Crippen LogP) is 3.49. The minimum atomic E-state index is 0.0708. The summed E-state index contributed by atoms with van der Waals surface area (Å²) in [7, 11) is 0. The van der Waals surface area contributed by atoms with Gasteiger partial charge in [-0.3, -0.25) is 0 Å². The summed E-state index contributed by atoms with van der Waals surface area (Å²) < 4.78 is 0.0708. The first-order valence-electron chi connectivity index (χ1n) is 3.58. The Hall–Kier alpha value is 0.180. The highest BCUT2D eigenvalue weighted by Gasteiger charge is 2.38. The molecule has 0 bridgehead atoms. The summed E-state index contributed by atoms with van der Waals surface area (Å²) >= 11 is 7.23. The van der Waals surface area contributed by atoms with E-state index in [1.165, 1.54) is 16.7 Å². The maximum atomic E-state index is 3.61. The van der Waals surface area contributed by atoms with Gasteiger partial charge in [0.1, 0.15) is 3.23 Å². The summed E-state index contributed by atoms with van der Waals surface area (Å²) in [6, 6.07) is 6.42. The molecule has 1 aliphatic rings. The van der Waals surface area contributed by atoms with Gasteiger partial charge in [-0.1, -0.05) is 50.1 Å². The van der Waals surface area contributed by atoms with Crippen molar-refractivity contribution in [3.8, 4) is 0 Å². The molecule has 0 aromatic heterocycles. The molecule has 2 heteroatoms. The summed E-state index contributed by atoms with van der Waals surface area (Å²) in [5.41, 5.74) is 4.27. The van der Waals surface area contributed by atoms with Gasteiger partial charge in [-0.25, -0.2) is 0 Å². The summed E-state index contributed by atoms with van der Waals surface area (Å²) in [5.74, 6) is 0. The largest absolute Gasteiger partial charge is 0.110 e. The van der Waals surface area contributed by atoms with Crippen LogP contribution in [-0.2, 0) is 9.65 Å². The standard InChI is InChI=1S/C9H8Br2/c1-6-3-2-4-8-7(6)5-9(8,10)11/h2-4H,5H2,1H3. The Labute approximate surface area is 83.3 Å². The zero-order valence-electron chi connectivity index (χ0n) is 6.20. The van der Waals surface area contributed by atoms with Crippen LogP contribution in [0.5, 0.6) is 0 Å². The molecule has 0 N–H and O–H groups in total. The smallest absolute Gasteiger partial charge is 0.0670 e. The first-order valence-corrected chi connectivity index (χ1v) is 5.17. The molecule has 1 aliphatic carbocycles. The Morgan fingerprint density at radius 2 is 2.09 bits per heavy atom. The van der Waals surface area contributed by atoms with Gasteiger partial charge in [0.25, 0.3) is 0 Å². The normalized spacial score (nSPS) is 18.8. The van der Waals surface area contributed by atoms with Crippen molar-refractivity contribution in [3.05, 3.63) is 34.9 Å². The van der Waals surface area contributed by atoms with Gasteiger partial charge in [-0.15, -0.1) is 0 Å². The zero-order chi connectivity index (χ0) is 8.06. The number of aryl methyl sites for hydroxylation is 1. The highest BCUT2D eigenvalue weighted by atomic mass is 79.9. The minimum Gasteiger partial charge on any atom is -0.0670 e. The van der Waals surface area contributed by atoms with Crippen molar-refractivity contribution in [2.75, 3.05) is 0 Å². The predicted molar refractivity (Wildman–Crippen MR) is 54.4 cm³/mol. The third kappa shape index (κ3) is 1.07. The fourth-order valence-corrected chi connectivity index (χ4v) is 2.79. The molecule has 0 amide bonds. The molecule has 2 rings (SSSR count). The van der Waals surface area contributed by atoms with Gasteiger partial charge >= 0.3 is 0 Å². The van der Waals surface area contributed by atoms with Crippen LogP contribution in [0.1, 0.15) is 16.7 Å². The number of halogens is 2. The molecule has 0 saturated heterocycles. The molecule has 0 fully saturated rings. The lowest BCUT2D eigenvalue weighted by Crippen LogP contribution is -2.27. The molecule has 0 spiro atoms. The van der Waals surface area contributed by atoms with Crippen LogP contribution in [-0.4, -0.2) is 0 Å². The van der Waals surface area contributed by atoms with Crippen LogP contribution in [0.15, 0.2) is 18.2 Å². The molecule has 0 unspecified atom stereocenters. The van der Waals surface area contributed by atoms with Crippen LogP contribution in [0.25, 0.3) is 0 Å². The molecule has 0 radical (unpaired) electrons. The average molecular weight is 276 g/mol. The second-order valence-electron chi connectivity index (χ2n) is 2.98. The van der Waals surface area contributed by atoms with Gasteiger partial charge in [0.05, 0.1) is 0 Å². The van der Waals surface area contributed by atoms with E-state index in [1.807, 2.05) is 0 Å². The van der Waals surface area contributed by atoms with Gasteiger partial charge in [0.15, 0.2) is 0 Å². The van der Waals surface area contributed by atoms with E-state index in [0.29, 0.717) is 0 Å². The Morgan fingerprint density at radius 1 is 1.36 bits per heavy atom. The molecule has 0 aliphatic heterocycles. The molecule has 0 nitrogen and oxygen atoms in total. The van der Waals surface area contributed by atoms with Gasteiger partial charge in [-0.2, -0.15) is 0 Å². The van der Waals surface area contributed by atoms with Crippen LogP contribution >= 0.6 is 31.9 Å². The highest BCUT2D eigenvalue weighted by Crippen LogP contribution is 2.51. The first kappa shape index (κ1) is 7.81. The van der Waals surface area contributed by atoms with Crippen molar-refractivity contribution in [3.63, 3.8) is 0 Å². The number of hydrogen-bond donors (Lipinski definition) is 0. The Bertz CT molecular complexity index is 302. The molecular weight excluding hydrogens is 268 g/mol. The van der Waals surface area contributed by atoms with E-state index in [9.17, 15) is 0 Å². The van der Waals surface area contributed by atoms with E-state index in [-0.39, 0.29) is 3.23 Å². The summed E-state index contributed by atoms with van der Waals surface area (Å²) in [6.45, 7) is 2.16. The van der Waals surface area contributed by atoms with Gasteiger partial charge < -0.3 is 0 Å². The Kier molecular flexibility index (Phi) is 1.66. The average Bonchev–Trinajstić information content (AvgIpc) is 1.92. The monoisotopic (exact) mass is 274 g/mol. The van der Waals surface area contributed by atoms with Crippen molar-refractivity contribution in [1.82, 2.24) is 0 Å². The fourth-order valence-electron chi connectivity index (χ4n) is 1.49. The minimum absolute atomic E-state index is 0.0708. The van der Waals surface area contributed by atoms with Gasteiger partial charge in [0.2, 0.25) is 0 Å². The lowest BCUT2D eigenvalue weighted by Gasteiger charge is -2.35. The number of hydrogen-bond acceptors (Lipinski definition) is 0. The van der Waals surface area contributed by atoms with Crippen LogP contribution in [0.2, 0.25) is 0 Å². The number of fused-ring (bicyclic) bond motifs is 1. The topological polar surface area (TPSA) is 0 Å². The van der Waals surface area contributed by atoms with Crippen LogP contribution in [0, 0.1) is 6.92 Å². The van der Waals surface area contributed by atoms with E-state index in [2.05, 4.69) is 57.0 Å². The molecule has 1 aromatic rings. The molecule has 1 aromatic carbocycles. The third-order valence-corrected chi connectivity index (χ3v) is 3.62. The molecular formula is C9H8Br2. The van der Waals surface area contributed by atoms with Crippen LogP contribution in [0.4, 0.5) is 0 Å². The zero-order valence-corrected chi connectivity index (χ0v) is 9.37. The lowest BCUT2D eigenvalue weighted by atomic mass is 9.85. The van der Waals surface area contributed by atoms with E-state index in [1.54, 1.807) is 0 Å². The van der Waals surface area contributed by atoms with Crippen molar-refractivity contribution >= 4 is 31.9 Å². The van der Waals surface area contributed by atoms with Crippen molar-refractivity contribution in [2.45, 2.75) is 16.6 Å². The quantitative estimate of drug-likeness (QED) is 0.636. The van der Waals surface area contributed by atoms with E-state index >= 15 is 0 Å². The van der Waals surface area contributed by atoms with Gasteiger partial charge in [-0.05, 0) is 23.6 Å². The Balaban J connectivity index is 2.57. The van der Waals surface area contributed by atoms with Crippen LogP contribution in [0.3, 0.4) is 0 Å². The first-order chi connectivity index (χ1) is 5.11. The second kappa shape index (κ2) is 2.33. The highest BCUT2D eigenvalue weighted by molar-refractivity contribution is 9.24.